The monoisotopic (exact) mass is 597 g/mol. The summed E-state index contributed by atoms with van der Waals surface area (Å²) in [6.07, 6.45) is 5.88. The third-order valence-electron chi connectivity index (χ3n) is 7.86. The molecule has 0 radical (unpaired) electrons. The van der Waals surface area contributed by atoms with Gasteiger partial charge in [-0.1, -0.05) is 60.7 Å². The Hall–Kier alpha value is -4.30. The number of carbonyl (C=O) groups is 2. The van der Waals surface area contributed by atoms with Gasteiger partial charge >= 0.3 is 12.2 Å². The molecular formula is C36H43N3O5. The molecule has 3 aliphatic heterocycles. The van der Waals surface area contributed by atoms with E-state index in [0.717, 1.165) is 60.5 Å². The van der Waals surface area contributed by atoms with Crippen LogP contribution in [0.15, 0.2) is 78.9 Å². The molecule has 0 aromatic heterocycles. The molecule has 3 fully saturated rings. The van der Waals surface area contributed by atoms with E-state index in [2.05, 4.69) is 15.5 Å². The molecule has 3 aliphatic rings. The summed E-state index contributed by atoms with van der Waals surface area (Å²) in [7, 11) is 0. The van der Waals surface area contributed by atoms with Crippen molar-refractivity contribution in [2.24, 2.45) is 5.92 Å². The second-order valence-corrected chi connectivity index (χ2v) is 12.4. The van der Waals surface area contributed by atoms with E-state index in [-0.39, 0.29) is 6.10 Å². The van der Waals surface area contributed by atoms with Crippen LogP contribution < -0.4 is 15.4 Å². The fourth-order valence-corrected chi connectivity index (χ4v) is 5.70. The molecule has 44 heavy (non-hydrogen) atoms. The Balaban J connectivity index is 1.17. The van der Waals surface area contributed by atoms with Gasteiger partial charge in [-0.25, -0.2) is 9.59 Å². The lowest BCUT2D eigenvalue weighted by atomic mass is 9.86. The molecule has 0 unspecified atom stereocenters. The highest BCUT2D eigenvalue weighted by Crippen LogP contribution is 2.32. The van der Waals surface area contributed by atoms with Crippen molar-refractivity contribution in [3.05, 3.63) is 90.0 Å². The Morgan fingerprint density at radius 2 is 1.75 bits per heavy atom. The van der Waals surface area contributed by atoms with Gasteiger partial charge in [-0.05, 0) is 100 Å². The van der Waals surface area contributed by atoms with Gasteiger partial charge in [-0.2, -0.15) is 0 Å². The zero-order valence-electron chi connectivity index (χ0n) is 25.9. The summed E-state index contributed by atoms with van der Waals surface area (Å²) in [6, 6.07) is 23.9. The van der Waals surface area contributed by atoms with E-state index in [9.17, 15) is 9.59 Å². The van der Waals surface area contributed by atoms with E-state index in [0.29, 0.717) is 31.2 Å². The molecule has 3 aromatic carbocycles. The molecule has 3 heterocycles. The molecule has 232 valence electrons. The quantitative estimate of drug-likeness (QED) is 0.258. The molecule has 8 nitrogen and oxygen atoms in total. The minimum Gasteiger partial charge on any atom is -0.490 e. The molecule has 1 atom stereocenters. The second-order valence-electron chi connectivity index (χ2n) is 12.4. The zero-order valence-corrected chi connectivity index (χ0v) is 25.9. The Morgan fingerprint density at radius 3 is 2.48 bits per heavy atom. The van der Waals surface area contributed by atoms with Crippen LogP contribution in [0.25, 0.3) is 17.2 Å². The van der Waals surface area contributed by atoms with Gasteiger partial charge in [0.1, 0.15) is 24.1 Å². The van der Waals surface area contributed by atoms with Gasteiger partial charge in [0.2, 0.25) is 0 Å². The first-order chi connectivity index (χ1) is 21.2. The van der Waals surface area contributed by atoms with Crippen LogP contribution in [-0.4, -0.2) is 61.6 Å². The zero-order chi connectivity index (χ0) is 30.9. The van der Waals surface area contributed by atoms with E-state index < -0.39 is 17.8 Å². The number of rotatable bonds is 10. The maximum atomic E-state index is 13.0. The van der Waals surface area contributed by atoms with Crippen LogP contribution in [-0.2, 0) is 15.9 Å². The van der Waals surface area contributed by atoms with Crippen LogP contribution in [0.1, 0.15) is 44.7 Å². The maximum absolute atomic E-state index is 13.0. The lowest BCUT2D eigenvalue weighted by molar-refractivity contribution is -0.0289. The number of alkyl carbamates (subject to hydrolysis) is 1. The van der Waals surface area contributed by atoms with Gasteiger partial charge in [0.25, 0.3) is 0 Å². The van der Waals surface area contributed by atoms with Crippen LogP contribution in [0.3, 0.4) is 0 Å². The molecule has 0 aliphatic carbocycles. The number of benzene rings is 3. The van der Waals surface area contributed by atoms with Crippen molar-refractivity contribution in [3.8, 4) is 16.9 Å². The predicted molar refractivity (Wildman–Crippen MR) is 174 cm³/mol. The molecule has 0 saturated carbocycles. The Kier molecular flexibility index (Phi) is 10.2. The average molecular weight is 598 g/mol. The summed E-state index contributed by atoms with van der Waals surface area (Å²) in [5.41, 5.74) is 4.13. The predicted octanol–water partition coefficient (Wildman–Crippen LogP) is 7.16. The Bertz CT molecular complexity index is 1440. The smallest absolute Gasteiger partial charge is 0.411 e. The van der Waals surface area contributed by atoms with Gasteiger partial charge in [-0.15, -0.1) is 0 Å². The third-order valence-corrected chi connectivity index (χ3v) is 7.86. The van der Waals surface area contributed by atoms with Crippen molar-refractivity contribution in [2.45, 2.75) is 51.7 Å². The topological polar surface area (TPSA) is 89.1 Å². The summed E-state index contributed by atoms with van der Waals surface area (Å²) in [5.74, 6) is 1.20. The normalized spacial score (nSPS) is 19.4. The number of carbonyl (C=O) groups excluding carboxylic acids is 2. The number of nitrogens with one attached hydrogen (secondary N) is 2. The first-order valence-corrected chi connectivity index (χ1v) is 15.5. The lowest BCUT2D eigenvalue weighted by Gasteiger charge is -2.43. The van der Waals surface area contributed by atoms with Crippen molar-refractivity contribution in [1.82, 2.24) is 10.2 Å². The summed E-state index contributed by atoms with van der Waals surface area (Å²) in [6.45, 7) is 9.39. The minimum atomic E-state index is -0.522. The van der Waals surface area contributed by atoms with Crippen LogP contribution in [0.2, 0.25) is 0 Å². The van der Waals surface area contributed by atoms with Crippen LogP contribution in [0.4, 0.5) is 15.3 Å². The van der Waals surface area contributed by atoms with Crippen LogP contribution in [0.5, 0.6) is 5.75 Å². The number of nitrogens with zero attached hydrogens (tertiary/aromatic N) is 1. The van der Waals surface area contributed by atoms with Crippen molar-refractivity contribution >= 4 is 23.9 Å². The van der Waals surface area contributed by atoms with Gasteiger partial charge in [0.15, 0.2) is 0 Å². The summed E-state index contributed by atoms with van der Waals surface area (Å²) < 4.78 is 17.2. The van der Waals surface area contributed by atoms with Crippen LogP contribution in [0, 0.1) is 5.92 Å². The Morgan fingerprint density at radius 1 is 0.955 bits per heavy atom. The SMILES string of the molecule is CC(C)(C)OC(=O)NCCc1cccc(OC/C=C/c2ccc(-c3ccccc3)c(NC(=O)O[C@H]3CN4CCC3CC4)c2)c1. The number of anilines is 1. The number of hydrogen-bond acceptors (Lipinski definition) is 6. The van der Waals surface area contributed by atoms with E-state index in [1.54, 1.807) is 0 Å². The van der Waals surface area contributed by atoms with Gasteiger partial charge in [-0.3, -0.25) is 10.2 Å². The number of hydrogen-bond donors (Lipinski definition) is 2. The van der Waals surface area contributed by atoms with Gasteiger partial charge in [0, 0.05) is 18.7 Å². The number of piperidine rings is 3. The highest BCUT2D eigenvalue weighted by atomic mass is 16.6. The summed E-state index contributed by atoms with van der Waals surface area (Å²) >= 11 is 0. The lowest BCUT2D eigenvalue weighted by Crippen LogP contribution is -2.52. The highest BCUT2D eigenvalue weighted by Gasteiger charge is 2.36. The fourth-order valence-electron chi connectivity index (χ4n) is 5.70. The minimum absolute atomic E-state index is 0.0577. The van der Waals surface area contributed by atoms with E-state index >= 15 is 0 Å². The third kappa shape index (κ3) is 9.10. The van der Waals surface area contributed by atoms with E-state index in [1.165, 1.54) is 0 Å². The second kappa shape index (κ2) is 14.4. The van der Waals surface area contributed by atoms with Crippen LogP contribution >= 0.6 is 0 Å². The van der Waals surface area contributed by atoms with Crippen molar-refractivity contribution in [1.29, 1.82) is 0 Å². The first-order valence-electron chi connectivity index (χ1n) is 15.5. The van der Waals surface area contributed by atoms with E-state index in [4.69, 9.17) is 14.2 Å². The highest BCUT2D eigenvalue weighted by molar-refractivity contribution is 5.92. The number of ether oxygens (including phenoxy) is 3. The van der Waals surface area contributed by atoms with Crippen molar-refractivity contribution < 1.29 is 23.8 Å². The number of amides is 2. The standard InChI is InChI=1S/C36H43N3O5/c1-36(2,3)44-34(40)37-19-16-27-9-7-13-30(23-27)42-22-8-10-26-14-15-31(28-11-5-4-6-12-28)32(24-26)38-35(41)43-33-25-39-20-17-29(33)18-21-39/h4-15,23-24,29,33H,16-22,25H2,1-3H3,(H,37,40)(H,38,41)/b10-8+/t33-/m0/s1. The summed E-state index contributed by atoms with van der Waals surface area (Å²) in [4.78, 5) is 27.3. The van der Waals surface area contributed by atoms with Crippen molar-refractivity contribution in [2.75, 3.05) is 38.1 Å². The molecule has 0 spiro atoms. The molecule has 3 aromatic rings. The van der Waals surface area contributed by atoms with E-state index in [1.807, 2.05) is 106 Å². The average Bonchev–Trinajstić information content (AvgIpc) is 3.00. The van der Waals surface area contributed by atoms with Crippen molar-refractivity contribution in [3.63, 3.8) is 0 Å². The molecule has 2 bridgehead atoms. The molecule has 3 saturated heterocycles. The Labute approximate surface area is 260 Å². The first kappa shape index (κ1) is 31.1. The molecule has 2 N–H and O–H groups in total. The van der Waals surface area contributed by atoms with Gasteiger partial charge < -0.3 is 19.5 Å². The molecule has 2 amide bonds. The number of fused-ring (bicyclic) bond motifs is 3. The largest absolute Gasteiger partial charge is 0.490 e. The molecule has 6 rings (SSSR count). The maximum Gasteiger partial charge on any atom is 0.411 e. The molecule has 8 heteroatoms. The van der Waals surface area contributed by atoms with Gasteiger partial charge in [0.05, 0.1) is 5.69 Å². The summed E-state index contributed by atoms with van der Waals surface area (Å²) in [5, 5.41) is 5.82. The fraction of sp³-hybridized carbons (Fsp3) is 0.389. The molecular weight excluding hydrogens is 554 g/mol.